The van der Waals surface area contributed by atoms with E-state index in [0.29, 0.717) is 30.9 Å². The molecule has 2 heterocycles. The number of aldehydes is 1. The highest BCUT2D eigenvalue weighted by Crippen LogP contribution is 2.29. The molecule has 9 nitrogen and oxygen atoms in total. The molecule has 0 spiro atoms. The number of thiazole rings is 2. The quantitative estimate of drug-likeness (QED) is 0.112. The third-order valence-electron chi connectivity index (χ3n) is 7.16. The van der Waals surface area contributed by atoms with Crippen LogP contribution in [0, 0.1) is 13.1 Å². The summed E-state index contributed by atoms with van der Waals surface area (Å²) >= 11 is 3.13. The predicted octanol–water partition coefficient (Wildman–Crippen LogP) is 7.79. The van der Waals surface area contributed by atoms with Gasteiger partial charge in [0.2, 0.25) is 5.70 Å². The van der Waals surface area contributed by atoms with Gasteiger partial charge in [0.1, 0.15) is 11.3 Å². The van der Waals surface area contributed by atoms with Crippen LogP contribution in [-0.2, 0) is 6.54 Å². The molecule has 6 aromatic rings. The number of aliphatic hydroxyl groups excluding tert-OH is 2. The Kier molecular flexibility index (Phi) is 14.0. The maximum Gasteiger partial charge on any atom is 0.265 e. The largest absolute Gasteiger partial charge is 0.395 e. The molecule has 0 bridgehead atoms. The molecule has 0 fully saturated rings. The normalized spacial score (nSPS) is 10.6. The van der Waals surface area contributed by atoms with Crippen molar-refractivity contribution < 1.29 is 15.0 Å². The highest BCUT2D eigenvalue weighted by Gasteiger charge is 2.09. The highest BCUT2D eigenvalue weighted by atomic mass is 32.1. The van der Waals surface area contributed by atoms with Crippen molar-refractivity contribution in [3.05, 3.63) is 141 Å². The number of fused-ring (bicyclic) bond motifs is 2. The fourth-order valence-corrected chi connectivity index (χ4v) is 6.35. The summed E-state index contributed by atoms with van der Waals surface area (Å²) in [6.07, 6.45) is 2.68. The molecular weight excluding hydrogens is 653 g/mol. The van der Waals surface area contributed by atoms with E-state index in [0.717, 1.165) is 53.7 Å². The van der Waals surface area contributed by atoms with E-state index in [9.17, 15) is 4.79 Å². The summed E-state index contributed by atoms with van der Waals surface area (Å²) in [6.45, 7) is 16.0. The van der Waals surface area contributed by atoms with Crippen molar-refractivity contribution in [2.24, 2.45) is 0 Å². The van der Waals surface area contributed by atoms with Crippen LogP contribution in [0.3, 0.4) is 0 Å². The summed E-state index contributed by atoms with van der Waals surface area (Å²) in [6, 6.07) is 31.0. The van der Waals surface area contributed by atoms with E-state index in [4.69, 9.17) is 23.4 Å². The number of anilines is 2. The molecule has 2 aromatic heterocycles. The summed E-state index contributed by atoms with van der Waals surface area (Å²) in [5, 5.41) is 19.4. The molecule has 0 aliphatic heterocycles. The molecule has 0 unspecified atom stereocenters. The summed E-state index contributed by atoms with van der Waals surface area (Å²) in [7, 11) is 3.83. The van der Waals surface area contributed by atoms with Crippen LogP contribution in [0.25, 0.3) is 41.9 Å². The molecule has 0 atom stereocenters. The van der Waals surface area contributed by atoms with Gasteiger partial charge >= 0.3 is 0 Å². The maximum atomic E-state index is 10.4. The van der Waals surface area contributed by atoms with Crippen LogP contribution >= 0.6 is 22.7 Å². The van der Waals surface area contributed by atoms with Gasteiger partial charge in [-0.1, -0.05) is 36.4 Å². The van der Waals surface area contributed by atoms with E-state index < -0.39 is 0 Å². The van der Waals surface area contributed by atoms with E-state index in [1.54, 1.807) is 23.5 Å². The summed E-state index contributed by atoms with van der Waals surface area (Å²) < 4.78 is 2.25. The van der Waals surface area contributed by atoms with Gasteiger partial charge in [-0.3, -0.25) is 4.79 Å². The summed E-state index contributed by atoms with van der Waals surface area (Å²) in [5.41, 5.74) is 6.13. The number of hydrogen-bond acceptors (Lipinski definition) is 9. The number of aliphatic hydroxyl groups is 2. The van der Waals surface area contributed by atoms with Gasteiger partial charge in [0.15, 0.2) is 5.01 Å². The van der Waals surface area contributed by atoms with Crippen LogP contribution in [0.5, 0.6) is 0 Å². The Morgan fingerprint density at radius 1 is 0.735 bits per heavy atom. The van der Waals surface area contributed by atoms with Gasteiger partial charge in [-0.25, -0.2) is 21.4 Å². The number of aromatic nitrogens is 2. The molecule has 2 N–H and O–H groups in total. The molecular formula is C38H36N6O3S2. The number of hydrogen-bond donors (Lipinski definition) is 2. The number of carbonyl (C=O) groups is 1. The van der Waals surface area contributed by atoms with E-state index in [1.807, 2.05) is 115 Å². The Hall–Kier alpha value is -5.43. The molecule has 0 aliphatic carbocycles. The highest BCUT2D eigenvalue weighted by molar-refractivity contribution is 7.19. The lowest BCUT2D eigenvalue weighted by atomic mass is 10.1. The third-order valence-corrected chi connectivity index (χ3v) is 9.24. The molecule has 6 rings (SSSR count). The van der Waals surface area contributed by atoms with Crippen molar-refractivity contribution >= 4 is 72.5 Å². The molecule has 248 valence electrons. The molecule has 49 heavy (non-hydrogen) atoms. The molecule has 0 amide bonds. The number of benzene rings is 4. The Labute approximate surface area is 294 Å². The third kappa shape index (κ3) is 10.5. The average molecular weight is 689 g/mol. The molecule has 0 radical (unpaired) electrons. The molecule has 0 aliphatic rings. The second-order valence-electron chi connectivity index (χ2n) is 10.6. The second kappa shape index (κ2) is 18.8. The van der Waals surface area contributed by atoms with E-state index >= 15 is 0 Å². The fourth-order valence-electron chi connectivity index (χ4n) is 4.53. The summed E-state index contributed by atoms with van der Waals surface area (Å²) in [4.78, 5) is 30.1. The first-order valence-corrected chi connectivity index (χ1v) is 16.9. The fraction of sp³-hybridized carbons (Fsp3) is 0.184. The topological polar surface area (TPSA) is 98.5 Å². The minimum absolute atomic E-state index is 0.123. The first-order valence-electron chi connectivity index (χ1n) is 15.3. The second-order valence-corrected chi connectivity index (χ2v) is 12.8. The van der Waals surface area contributed by atoms with Gasteiger partial charge in [0.05, 0.1) is 40.2 Å². The zero-order valence-corrected chi connectivity index (χ0v) is 28.9. The number of nitrogens with zero attached hydrogens (tertiary/aromatic N) is 6. The first kappa shape index (κ1) is 36.4. The minimum atomic E-state index is 0.123. The van der Waals surface area contributed by atoms with Crippen LogP contribution in [0.4, 0.5) is 11.4 Å². The van der Waals surface area contributed by atoms with E-state index in [1.165, 1.54) is 11.3 Å². The Bertz CT molecular complexity index is 1990. The average Bonchev–Trinajstić information content (AvgIpc) is 3.76. The SMILES string of the molecule is CN(CCO)c1ccc(C=O)cc1.[C-]#[N+]/C(=C\c1ccc(N(C)CCO)cc1)c1nc2ccccc2s1.[C-]#[N+]Cc1nc2ccccc2s1. The Morgan fingerprint density at radius 3 is 1.71 bits per heavy atom. The summed E-state index contributed by atoms with van der Waals surface area (Å²) in [5.74, 6) is 0. The van der Waals surface area contributed by atoms with Gasteiger partial charge in [-0.2, -0.15) is 0 Å². The molecule has 0 saturated carbocycles. The minimum Gasteiger partial charge on any atom is -0.395 e. The van der Waals surface area contributed by atoms with Crippen molar-refractivity contribution in [2.45, 2.75) is 6.54 Å². The number of rotatable bonds is 10. The van der Waals surface area contributed by atoms with Crippen molar-refractivity contribution in [1.82, 2.24) is 9.97 Å². The van der Waals surface area contributed by atoms with Crippen LogP contribution < -0.4 is 9.80 Å². The van der Waals surface area contributed by atoms with E-state index in [2.05, 4.69) is 19.7 Å². The van der Waals surface area contributed by atoms with Gasteiger partial charge in [0.25, 0.3) is 6.54 Å². The number of para-hydroxylation sites is 2. The van der Waals surface area contributed by atoms with Crippen molar-refractivity contribution in [1.29, 1.82) is 0 Å². The van der Waals surface area contributed by atoms with E-state index in [-0.39, 0.29) is 13.2 Å². The molecule has 4 aromatic carbocycles. The Balaban J connectivity index is 0.000000182. The Morgan fingerprint density at radius 2 is 1.24 bits per heavy atom. The van der Waals surface area contributed by atoms with Crippen molar-refractivity contribution in [3.63, 3.8) is 0 Å². The van der Waals surface area contributed by atoms with Crippen LogP contribution in [0.15, 0.2) is 97.1 Å². The lowest BCUT2D eigenvalue weighted by Gasteiger charge is -2.17. The number of likely N-dealkylation sites (N-methyl/N-ethyl adjacent to an activating group) is 2. The first-order chi connectivity index (χ1) is 23.9. The van der Waals surface area contributed by atoms with Crippen molar-refractivity contribution in [2.75, 3.05) is 50.2 Å². The standard InChI is InChI=1S/C19H17N3OS.C10H13NO2.C9H6N2S/c1-20-17(19-21-16-5-3-4-6-18(16)24-19)13-14-7-9-15(10-8-14)22(2)11-12-23;1-11(6-7-12)10-4-2-9(8-13)3-5-10;1-10-6-9-11-7-4-2-3-5-8(7)12-9/h3-10,13,23H,11-12H2,2H3;2-5,8,12H,6-7H2,1H3;2-5H,6H2/b17-13-;;. The van der Waals surface area contributed by atoms with Gasteiger partial charge in [0, 0.05) is 44.1 Å². The van der Waals surface area contributed by atoms with Crippen LogP contribution in [-0.4, -0.2) is 66.9 Å². The smallest absolute Gasteiger partial charge is 0.265 e. The van der Waals surface area contributed by atoms with Gasteiger partial charge in [-0.05, 0) is 72.3 Å². The van der Waals surface area contributed by atoms with Gasteiger partial charge in [-0.15, -0.1) is 22.7 Å². The monoisotopic (exact) mass is 688 g/mol. The lowest BCUT2D eigenvalue weighted by Crippen LogP contribution is -2.20. The van der Waals surface area contributed by atoms with Crippen molar-refractivity contribution in [3.8, 4) is 0 Å². The van der Waals surface area contributed by atoms with Crippen LogP contribution in [0.1, 0.15) is 25.9 Å². The lowest BCUT2D eigenvalue weighted by molar-refractivity contribution is 0.112. The van der Waals surface area contributed by atoms with Gasteiger partial charge < -0.3 is 24.9 Å². The zero-order valence-electron chi connectivity index (χ0n) is 27.2. The predicted molar refractivity (Wildman–Crippen MR) is 203 cm³/mol. The van der Waals surface area contributed by atoms with Crippen LogP contribution in [0.2, 0.25) is 0 Å². The number of carbonyl (C=O) groups excluding carboxylic acids is 1. The molecule has 11 heteroatoms. The zero-order chi connectivity index (χ0) is 35.0. The maximum absolute atomic E-state index is 10.4. The molecule has 0 saturated heterocycles.